The fourth-order valence-corrected chi connectivity index (χ4v) is 3.19. The number of likely N-dealkylation sites (tertiary alicyclic amines) is 1. The van der Waals surface area contributed by atoms with Crippen molar-refractivity contribution < 1.29 is 19.8 Å². The number of aliphatic carboxylic acids is 2. The van der Waals surface area contributed by atoms with Gasteiger partial charge in [0.25, 0.3) is 0 Å². The van der Waals surface area contributed by atoms with Crippen LogP contribution >= 0.6 is 0 Å². The molecule has 2 aliphatic rings. The fraction of sp³-hybridized carbons (Fsp3) is 0.875. The number of carboxylic acid groups (broad SMARTS) is 2. The van der Waals surface area contributed by atoms with Gasteiger partial charge in [-0.15, -0.1) is 0 Å². The van der Waals surface area contributed by atoms with Crippen LogP contribution in [0.2, 0.25) is 0 Å². The summed E-state index contributed by atoms with van der Waals surface area (Å²) in [4.78, 5) is 23.3. The molecule has 122 valence electrons. The summed E-state index contributed by atoms with van der Waals surface area (Å²) in [6.07, 6.45) is 8.25. The molecule has 0 amide bonds. The molecule has 1 aliphatic carbocycles. The number of hydrogen-bond donors (Lipinski definition) is 2. The summed E-state index contributed by atoms with van der Waals surface area (Å²) in [5.74, 6) is -1.29. The van der Waals surface area contributed by atoms with E-state index >= 15 is 0 Å². The molecule has 0 aromatic carbocycles. The number of rotatable bonds is 3. The zero-order valence-corrected chi connectivity index (χ0v) is 13.3. The zero-order chi connectivity index (χ0) is 15.8. The van der Waals surface area contributed by atoms with E-state index in [2.05, 4.69) is 18.7 Å². The van der Waals surface area contributed by atoms with Gasteiger partial charge in [0.2, 0.25) is 0 Å². The van der Waals surface area contributed by atoms with E-state index in [-0.39, 0.29) is 12.0 Å². The van der Waals surface area contributed by atoms with Crippen molar-refractivity contribution in [1.29, 1.82) is 0 Å². The third kappa shape index (κ3) is 6.04. The van der Waals surface area contributed by atoms with Crippen molar-refractivity contribution in [1.82, 2.24) is 4.90 Å². The van der Waals surface area contributed by atoms with E-state index < -0.39 is 11.9 Å². The molecule has 1 saturated heterocycles. The lowest BCUT2D eigenvalue weighted by Gasteiger charge is -2.35. The second-order valence-corrected chi connectivity index (χ2v) is 6.35. The minimum atomic E-state index is -0.664. The van der Waals surface area contributed by atoms with E-state index in [1.165, 1.54) is 6.42 Å². The lowest BCUT2D eigenvalue weighted by Crippen LogP contribution is -2.48. The van der Waals surface area contributed by atoms with E-state index in [1.807, 2.05) is 0 Å². The lowest BCUT2D eigenvalue weighted by atomic mass is 9.90. The maximum atomic E-state index is 10.8. The van der Waals surface area contributed by atoms with Gasteiger partial charge in [0.15, 0.2) is 0 Å². The summed E-state index contributed by atoms with van der Waals surface area (Å²) in [5.41, 5.74) is 0. The number of carbonyl (C=O) groups is 2. The Morgan fingerprint density at radius 2 is 1.48 bits per heavy atom. The van der Waals surface area contributed by atoms with Crippen LogP contribution < -0.4 is 0 Å². The smallest absolute Gasteiger partial charge is 0.320 e. The first kappa shape index (κ1) is 18.0. The fourth-order valence-electron chi connectivity index (χ4n) is 3.19. The van der Waals surface area contributed by atoms with Gasteiger partial charge in [-0.25, -0.2) is 0 Å². The Morgan fingerprint density at radius 3 is 1.86 bits per heavy atom. The van der Waals surface area contributed by atoms with E-state index in [0.717, 1.165) is 51.5 Å². The van der Waals surface area contributed by atoms with Crippen LogP contribution in [0.5, 0.6) is 0 Å². The molecule has 2 rings (SSSR count). The SMILES string of the molecule is CC(C)N1CCCC[C@H]1C(=O)O.O=C(O)C1CCCCC1. The molecule has 0 aromatic heterocycles. The van der Waals surface area contributed by atoms with Gasteiger partial charge < -0.3 is 10.2 Å². The third-order valence-corrected chi connectivity index (χ3v) is 4.45. The van der Waals surface area contributed by atoms with Crippen molar-refractivity contribution >= 4 is 11.9 Å². The summed E-state index contributed by atoms with van der Waals surface area (Å²) in [6.45, 7) is 5.05. The lowest BCUT2D eigenvalue weighted by molar-refractivity contribution is -0.145. The van der Waals surface area contributed by atoms with Crippen molar-refractivity contribution in [3.8, 4) is 0 Å². The van der Waals surface area contributed by atoms with Crippen molar-refractivity contribution in [3.63, 3.8) is 0 Å². The molecule has 0 spiro atoms. The molecule has 5 nitrogen and oxygen atoms in total. The highest BCUT2D eigenvalue weighted by molar-refractivity contribution is 5.73. The van der Waals surface area contributed by atoms with Crippen LogP contribution in [0.4, 0.5) is 0 Å². The van der Waals surface area contributed by atoms with Crippen LogP contribution in [0.15, 0.2) is 0 Å². The summed E-state index contributed by atoms with van der Waals surface area (Å²) in [5, 5.41) is 17.5. The average Bonchev–Trinajstić information content (AvgIpc) is 2.48. The Morgan fingerprint density at radius 1 is 0.905 bits per heavy atom. The molecule has 21 heavy (non-hydrogen) atoms. The Labute approximate surface area is 127 Å². The first-order chi connectivity index (χ1) is 9.93. The van der Waals surface area contributed by atoms with E-state index in [9.17, 15) is 9.59 Å². The van der Waals surface area contributed by atoms with E-state index in [1.54, 1.807) is 0 Å². The van der Waals surface area contributed by atoms with Crippen LogP contribution in [0.25, 0.3) is 0 Å². The molecule has 0 unspecified atom stereocenters. The monoisotopic (exact) mass is 299 g/mol. The standard InChI is InChI=1S/C9H17NO2.C7H12O2/c1-7(2)10-6-4-3-5-8(10)9(11)12;8-7(9)6-4-2-1-3-5-6/h7-8H,3-6H2,1-2H3,(H,11,12);6H,1-5H2,(H,8,9)/t8-;/m0./s1. The molecule has 5 heteroatoms. The summed E-state index contributed by atoms with van der Waals surface area (Å²) in [6, 6.07) is 0.116. The van der Waals surface area contributed by atoms with Gasteiger partial charge >= 0.3 is 11.9 Å². The minimum absolute atomic E-state index is 0.0289. The Kier molecular flexibility index (Phi) is 7.72. The number of piperidine rings is 1. The predicted molar refractivity (Wildman–Crippen MR) is 81.3 cm³/mol. The molecular formula is C16H29NO4. The summed E-state index contributed by atoms with van der Waals surface area (Å²) < 4.78 is 0. The predicted octanol–water partition coefficient (Wildman–Crippen LogP) is 2.99. The highest BCUT2D eigenvalue weighted by atomic mass is 16.4. The maximum Gasteiger partial charge on any atom is 0.320 e. The van der Waals surface area contributed by atoms with Gasteiger partial charge in [0.05, 0.1) is 5.92 Å². The summed E-state index contributed by atoms with van der Waals surface area (Å²) >= 11 is 0. The van der Waals surface area contributed by atoms with Gasteiger partial charge in [-0.3, -0.25) is 14.5 Å². The molecule has 1 aliphatic heterocycles. The molecule has 0 aromatic rings. The van der Waals surface area contributed by atoms with E-state index in [4.69, 9.17) is 10.2 Å². The zero-order valence-electron chi connectivity index (χ0n) is 13.3. The maximum absolute atomic E-state index is 10.8. The molecule has 1 saturated carbocycles. The van der Waals surface area contributed by atoms with Gasteiger partial charge in [-0.05, 0) is 46.1 Å². The van der Waals surface area contributed by atoms with Crippen LogP contribution in [0.1, 0.15) is 65.2 Å². The topological polar surface area (TPSA) is 77.8 Å². The molecule has 0 radical (unpaired) electrons. The van der Waals surface area contributed by atoms with Gasteiger partial charge in [-0.1, -0.05) is 25.7 Å². The minimum Gasteiger partial charge on any atom is -0.481 e. The van der Waals surface area contributed by atoms with Gasteiger partial charge in [0, 0.05) is 6.04 Å². The molecule has 2 N–H and O–H groups in total. The molecular weight excluding hydrogens is 270 g/mol. The number of nitrogens with zero attached hydrogens (tertiary/aromatic N) is 1. The van der Waals surface area contributed by atoms with Crippen LogP contribution in [-0.2, 0) is 9.59 Å². The van der Waals surface area contributed by atoms with Crippen molar-refractivity contribution in [2.24, 2.45) is 5.92 Å². The largest absolute Gasteiger partial charge is 0.481 e. The normalized spacial score (nSPS) is 24.2. The first-order valence-electron chi connectivity index (χ1n) is 8.14. The summed E-state index contributed by atoms with van der Waals surface area (Å²) in [7, 11) is 0. The first-order valence-corrected chi connectivity index (χ1v) is 8.14. The Hall–Kier alpha value is -1.10. The average molecular weight is 299 g/mol. The van der Waals surface area contributed by atoms with Gasteiger partial charge in [0.1, 0.15) is 6.04 Å². The van der Waals surface area contributed by atoms with E-state index in [0.29, 0.717) is 6.04 Å². The second kappa shape index (κ2) is 9.03. The number of carboxylic acids is 2. The van der Waals surface area contributed by atoms with Crippen LogP contribution in [-0.4, -0.2) is 45.7 Å². The van der Waals surface area contributed by atoms with Crippen molar-refractivity contribution in [2.75, 3.05) is 6.54 Å². The second-order valence-electron chi connectivity index (χ2n) is 6.35. The quantitative estimate of drug-likeness (QED) is 0.837. The van der Waals surface area contributed by atoms with Crippen molar-refractivity contribution in [3.05, 3.63) is 0 Å². The number of hydrogen-bond acceptors (Lipinski definition) is 3. The van der Waals surface area contributed by atoms with Crippen LogP contribution in [0, 0.1) is 5.92 Å². The molecule has 1 atom stereocenters. The Balaban J connectivity index is 0.000000219. The third-order valence-electron chi connectivity index (χ3n) is 4.45. The van der Waals surface area contributed by atoms with Gasteiger partial charge in [-0.2, -0.15) is 0 Å². The highest BCUT2D eigenvalue weighted by Gasteiger charge is 2.29. The Bertz CT molecular complexity index is 337. The molecule has 2 fully saturated rings. The van der Waals surface area contributed by atoms with Crippen LogP contribution in [0.3, 0.4) is 0 Å². The molecule has 0 bridgehead atoms. The van der Waals surface area contributed by atoms with Crippen molar-refractivity contribution in [2.45, 2.75) is 77.3 Å². The molecule has 1 heterocycles. The highest BCUT2D eigenvalue weighted by Crippen LogP contribution is 2.23.